The maximum atomic E-state index is 12.6. The van der Waals surface area contributed by atoms with Gasteiger partial charge in [0, 0.05) is 18.8 Å². The minimum atomic E-state index is -4.38. The third-order valence-corrected chi connectivity index (χ3v) is 4.82. The normalized spacial score (nSPS) is 11.4. The Morgan fingerprint density at radius 1 is 0.636 bits per heavy atom. The lowest BCUT2D eigenvalue weighted by Crippen LogP contribution is -2.06. The second-order valence-corrected chi connectivity index (χ2v) is 7.20. The van der Waals surface area contributed by atoms with Gasteiger partial charge in [-0.3, -0.25) is 0 Å². The van der Waals surface area contributed by atoms with E-state index < -0.39 is 23.5 Å². The van der Waals surface area contributed by atoms with Gasteiger partial charge in [-0.2, -0.15) is 26.3 Å². The predicted octanol–water partition coefficient (Wildman–Crippen LogP) is 8.63. The highest BCUT2D eigenvalue weighted by Crippen LogP contribution is 2.31. The van der Waals surface area contributed by atoms with Gasteiger partial charge in [0.2, 0.25) is 0 Å². The summed E-state index contributed by atoms with van der Waals surface area (Å²) in [5.41, 5.74) is 1.19. The van der Waals surface area contributed by atoms with Gasteiger partial charge in [0.05, 0.1) is 21.8 Å². The fraction of sp³-hybridized carbons (Fsp3) is 0.250. The first kappa shape index (κ1) is 26.4. The van der Waals surface area contributed by atoms with Crippen molar-refractivity contribution in [3.8, 4) is 0 Å². The number of anilines is 2. The van der Waals surface area contributed by atoms with Crippen LogP contribution in [0.1, 0.15) is 36.1 Å². The molecule has 2 nitrogen and oxygen atoms in total. The second-order valence-electron chi connectivity index (χ2n) is 6.79. The standard InChI is InChI=1S/C22H17ClF6N2.C2H6/c23-19-11-18(30-12-14-1-5-16(6-2-14)21(24,25)26)9-10-20(19)31-13-15-3-7-17(8-4-15)22(27,28)29;1-2/h1-11,30-31H,12-13H2;1-2H3. The topological polar surface area (TPSA) is 24.1 Å². The van der Waals surface area contributed by atoms with Gasteiger partial charge in [-0.05, 0) is 53.6 Å². The molecule has 0 atom stereocenters. The molecule has 0 aliphatic carbocycles. The van der Waals surface area contributed by atoms with Crippen molar-refractivity contribution < 1.29 is 26.3 Å². The molecule has 9 heteroatoms. The molecule has 0 radical (unpaired) electrons. The third-order valence-electron chi connectivity index (χ3n) is 4.51. The lowest BCUT2D eigenvalue weighted by atomic mass is 10.1. The Labute approximate surface area is 193 Å². The molecule has 0 aliphatic heterocycles. The first-order chi connectivity index (χ1) is 15.5. The largest absolute Gasteiger partial charge is 0.416 e. The quantitative estimate of drug-likeness (QED) is 0.339. The zero-order valence-electron chi connectivity index (χ0n) is 17.9. The smallest absolute Gasteiger partial charge is 0.381 e. The molecule has 0 fully saturated rings. The molecular formula is C24H23ClF6N2. The summed E-state index contributed by atoms with van der Waals surface area (Å²) < 4.78 is 75.7. The predicted molar refractivity (Wildman–Crippen MR) is 120 cm³/mol. The van der Waals surface area contributed by atoms with Crippen LogP contribution in [0.5, 0.6) is 0 Å². The maximum absolute atomic E-state index is 12.6. The average molecular weight is 489 g/mol. The monoisotopic (exact) mass is 488 g/mol. The van der Waals surface area contributed by atoms with Crippen LogP contribution in [0, 0.1) is 0 Å². The van der Waals surface area contributed by atoms with E-state index in [4.69, 9.17) is 11.6 Å². The first-order valence-electron chi connectivity index (χ1n) is 10.1. The molecule has 0 spiro atoms. The summed E-state index contributed by atoms with van der Waals surface area (Å²) in [5, 5.41) is 6.54. The Balaban J connectivity index is 0.00000187. The van der Waals surface area contributed by atoms with Crippen molar-refractivity contribution in [1.29, 1.82) is 0 Å². The number of nitrogens with one attached hydrogen (secondary N) is 2. The van der Waals surface area contributed by atoms with Crippen LogP contribution in [-0.4, -0.2) is 0 Å². The van der Waals surface area contributed by atoms with Crippen LogP contribution in [0.3, 0.4) is 0 Å². The van der Waals surface area contributed by atoms with E-state index in [9.17, 15) is 26.3 Å². The van der Waals surface area contributed by atoms with Crippen LogP contribution >= 0.6 is 11.6 Å². The van der Waals surface area contributed by atoms with Crippen molar-refractivity contribution in [1.82, 2.24) is 0 Å². The molecule has 0 unspecified atom stereocenters. The lowest BCUT2D eigenvalue weighted by Gasteiger charge is -2.13. The van der Waals surface area contributed by atoms with E-state index in [1.807, 2.05) is 13.8 Å². The van der Waals surface area contributed by atoms with Crippen molar-refractivity contribution in [2.24, 2.45) is 0 Å². The number of halogens is 7. The van der Waals surface area contributed by atoms with Crippen LogP contribution in [0.2, 0.25) is 5.02 Å². The SMILES string of the molecule is CC.FC(F)(F)c1ccc(CNc2ccc(NCc3ccc(C(F)(F)F)cc3)c(Cl)c2)cc1. The summed E-state index contributed by atoms with van der Waals surface area (Å²) in [6.45, 7) is 4.60. The molecule has 0 bridgehead atoms. The van der Waals surface area contributed by atoms with Crippen molar-refractivity contribution in [3.63, 3.8) is 0 Å². The van der Waals surface area contributed by atoms with Gasteiger partial charge in [-0.1, -0.05) is 49.7 Å². The van der Waals surface area contributed by atoms with E-state index in [0.29, 0.717) is 34.1 Å². The van der Waals surface area contributed by atoms with E-state index in [2.05, 4.69) is 10.6 Å². The summed E-state index contributed by atoms with van der Waals surface area (Å²) in [7, 11) is 0. The van der Waals surface area contributed by atoms with Gasteiger partial charge in [0.15, 0.2) is 0 Å². The zero-order valence-corrected chi connectivity index (χ0v) is 18.7. The minimum absolute atomic E-state index is 0.288. The molecule has 178 valence electrons. The number of hydrogen-bond donors (Lipinski definition) is 2. The van der Waals surface area contributed by atoms with E-state index in [0.717, 1.165) is 24.3 Å². The van der Waals surface area contributed by atoms with Crippen LogP contribution in [0.4, 0.5) is 37.7 Å². The Morgan fingerprint density at radius 2 is 1.06 bits per heavy atom. The number of hydrogen-bond acceptors (Lipinski definition) is 2. The molecule has 0 aliphatic rings. The molecule has 0 heterocycles. The summed E-state index contributed by atoms with van der Waals surface area (Å²) in [5.74, 6) is 0. The lowest BCUT2D eigenvalue weighted by molar-refractivity contribution is -0.138. The van der Waals surface area contributed by atoms with Crippen molar-refractivity contribution in [3.05, 3.63) is 94.0 Å². The first-order valence-corrected chi connectivity index (χ1v) is 10.5. The van der Waals surface area contributed by atoms with Gasteiger partial charge in [0.25, 0.3) is 0 Å². The Bertz CT molecular complexity index is 1010. The van der Waals surface area contributed by atoms with E-state index in [-0.39, 0.29) is 6.54 Å². The second kappa shape index (κ2) is 11.3. The molecule has 3 rings (SSSR count). The van der Waals surface area contributed by atoms with Crippen LogP contribution in [0.15, 0.2) is 66.7 Å². The van der Waals surface area contributed by atoms with Gasteiger partial charge in [0.1, 0.15) is 0 Å². The molecule has 2 N–H and O–H groups in total. The summed E-state index contributed by atoms with van der Waals surface area (Å²) in [6, 6.07) is 14.8. The fourth-order valence-corrected chi connectivity index (χ4v) is 3.04. The summed E-state index contributed by atoms with van der Waals surface area (Å²) in [4.78, 5) is 0. The van der Waals surface area contributed by atoms with E-state index >= 15 is 0 Å². The van der Waals surface area contributed by atoms with Gasteiger partial charge in [-0.15, -0.1) is 0 Å². The van der Waals surface area contributed by atoms with Gasteiger partial charge in [-0.25, -0.2) is 0 Å². The van der Waals surface area contributed by atoms with Crippen LogP contribution in [0.25, 0.3) is 0 Å². The van der Waals surface area contributed by atoms with Gasteiger partial charge < -0.3 is 10.6 Å². The number of alkyl halides is 6. The Kier molecular flexibility index (Phi) is 9.05. The van der Waals surface area contributed by atoms with Crippen molar-refractivity contribution in [2.75, 3.05) is 10.6 Å². The summed E-state index contributed by atoms with van der Waals surface area (Å²) in [6.07, 6.45) is -8.75. The van der Waals surface area contributed by atoms with Crippen molar-refractivity contribution in [2.45, 2.75) is 39.3 Å². The summed E-state index contributed by atoms with van der Waals surface area (Å²) >= 11 is 6.26. The minimum Gasteiger partial charge on any atom is -0.381 e. The average Bonchev–Trinajstić information content (AvgIpc) is 2.78. The van der Waals surface area contributed by atoms with E-state index in [1.165, 1.54) is 24.3 Å². The van der Waals surface area contributed by atoms with Crippen molar-refractivity contribution >= 4 is 23.0 Å². The maximum Gasteiger partial charge on any atom is 0.416 e. The molecular weight excluding hydrogens is 466 g/mol. The molecule has 0 aromatic heterocycles. The number of rotatable bonds is 6. The zero-order chi connectivity index (χ0) is 24.6. The third kappa shape index (κ3) is 7.89. The Hall–Kier alpha value is -2.87. The molecule has 0 amide bonds. The van der Waals surface area contributed by atoms with Gasteiger partial charge >= 0.3 is 12.4 Å². The highest BCUT2D eigenvalue weighted by Gasteiger charge is 2.30. The molecule has 33 heavy (non-hydrogen) atoms. The highest BCUT2D eigenvalue weighted by molar-refractivity contribution is 6.33. The van der Waals surface area contributed by atoms with E-state index in [1.54, 1.807) is 18.2 Å². The fourth-order valence-electron chi connectivity index (χ4n) is 2.79. The molecule has 0 saturated carbocycles. The molecule has 3 aromatic carbocycles. The highest BCUT2D eigenvalue weighted by atomic mass is 35.5. The van der Waals surface area contributed by atoms with Crippen LogP contribution in [-0.2, 0) is 25.4 Å². The Morgan fingerprint density at radius 3 is 1.45 bits per heavy atom. The molecule has 3 aromatic rings. The molecule has 0 saturated heterocycles. The van der Waals surface area contributed by atoms with Crippen LogP contribution < -0.4 is 10.6 Å². The number of benzene rings is 3.